The molecule has 0 spiro atoms. The van der Waals surface area contributed by atoms with Crippen LogP contribution in [0.1, 0.15) is 19.4 Å². The summed E-state index contributed by atoms with van der Waals surface area (Å²) in [6.45, 7) is 3.35. The summed E-state index contributed by atoms with van der Waals surface area (Å²) in [6.07, 6.45) is 1.34. The van der Waals surface area contributed by atoms with Gasteiger partial charge in [0.1, 0.15) is 10.7 Å². The van der Waals surface area contributed by atoms with Crippen molar-refractivity contribution in [1.29, 1.82) is 5.41 Å². The van der Waals surface area contributed by atoms with Crippen molar-refractivity contribution in [2.75, 3.05) is 12.4 Å². The number of amidine groups is 3. The van der Waals surface area contributed by atoms with E-state index in [0.29, 0.717) is 17.5 Å². The molecule has 14 heteroatoms. The minimum atomic E-state index is -4.12. The lowest BCUT2D eigenvalue weighted by atomic mass is 10.1. The van der Waals surface area contributed by atoms with Gasteiger partial charge in [0, 0.05) is 0 Å². The fraction of sp³-hybridized carbons (Fsp3) is 0.182. The molecule has 0 saturated carbocycles. The second kappa shape index (κ2) is 9.87. The highest BCUT2D eigenvalue weighted by Gasteiger charge is 2.42. The number of hydrogen-bond donors (Lipinski definition) is 1. The molecule has 36 heavy (non-hydrogen) atoms. The number of carbonyl (C=O) groups is 1. The maximum atomic E-state index is 12.6. The van der Waals surface area contributed by atoms with Gasteiger partial charge in [-0.25, -0.2) is 13.3 Å². The number of nitrogens with one attached hydrogen (secondary N) is 1. The normalized spacial score (nSPS) is 17.1. The molecular weight excluding hydrogens is 528 g/mol. The van der Waals surface area contributed by atoms with E-state index in [1.807, 2.05) is 0 Å². The van der Waals surface area contributed by atoms with Crippen LogP contribution in [0.25, 0.3) is 6.08 Å². The minimum absolute atomic E-state index is 0.0148. The average molecular weight is 549 g/mol. The molecule has 11 nitrogen and oxygen atoms in total. The van der Waals surface area contributed by atoms with Gasteiger partial charge in [0.15, 0.2) is 11.5 Å². The number of carbonyl (C=O) groups excluding carboxylic acids is 1. The minimum Gasteiger partial charge on any atom is -0.490 e. The zero-order valence-electron chi connectivity index (χ0n) is 19.0. The fourth-order valence-electron chi connectivity index (χ4n) is 3.20. The highest BCUT2D eigenvalue weighted by atomic mass is 32.2. The van der Waals surface area contributed by atoms with E-state index in [1.165, 1.54) is 43.3 Å². The number of nitrogens with zero attached hydrogens (tertiary/aromatic N) is 3. The van der Waals surface area contributed by atoms with Crippen molar-refractivity contribution < 1.29 is 30.6 Å². The number of ether oxygens (including phenoxy) is 1. The third-order valence-electron chi connectivity index (χ3n) is 4.96. The van der Waals surface area contributed by atoms with E-state index >= 15 is 0 Å². The van der Waals surface area contributed by atoms with Gasteiger partial charge in [-0.05, 0) is 42.8 Å². The molecule has 4 rings (SSSR count). The molecule has 1 amide bonds. The molecule has 2 aromatic carbocycles. The molecule has 2 aliphatic heterocycles. The lowest BCUT2D eigenvalue weighted by Gasteiger charge is -2.24. The molecule has 2 aliphatic rings. The third kappa shape index (κ3) is 4.92. The number of aliphatic imine (C=N–C) groups is 1. The number of amides is 1. The van der Waals surface area contributed by atoms with Crippen molar-refractivity contribution in [3.8, 4) is 11.5 Å². The van der Waals surface area contributed by atoms with Gasteiger partial charge in [-0.15, -0.1) is 0 Å². The van der Waals surface area contributed by atoms with Gasteiger partial charge in [-0.3, -0.25) is 10.2 Å². The van der Waals surface area contributed by atoms with Gasteiger partial charge in [-0.1, -0.05) is 31.2 Å². The van der Waals surface area contributed by atoms with Gasteiger partial charge in [0.25, 0.3) is 5.91 Å². The van der Waals surface area contributed by atoms with Crippen molar-refractivity contribution in [3.05, 3.63) is 59.7 Å². The Morgan fingerprint density at radius 1 is 1.06 bits per heavy atom. The highest BCUT2D eigenvalue weighted by molar-refractivity contribution is 8.16. The molecule has 0 fully saturated rings. The van der Waals surface area contributed by atoms with Crippen molar-refractivity contribution in [3.63, 3.8) is 0 Å². The Morgan fingerprint density at radius 3 is 2.44 bits per heavy atom. The summed E-state index contributed by atoms with van der Waals surface area (Å²) in [4.78, 5) is 17.5. The van der Waals surface area contributed by atoms with Crippen LogP contribution in [0, 0.1) is 5.41 Å². The summed E-state index contributed by atoms with van der Waals surface area (Å²) in [5, 5.41) is 8.12. The maximum Gasteiger partial charge on any atom is 0.339 e. The molecule has 2 heterocycles. The van der Waals surface area contributed by atoms with E-state index in [9.17, 15) is 21.6 Å². The van der Waals surface area contributed by atoms with Gasteiger partial charge in [0.05, 0.1) is 29.9 Å². The van der Waals surface area contributed by atoms with Crippen molar-refractivity contribution in [1.82, 2.24) is 4.90 Å². The van der Waals surface area contributed by atoms with Crippen molar-refractivity contribution in [2.45, 2.75) is 18.7 Å². The molecule has 0 aliphatic carbocycles. The Balaban J connectivity index is 1.69. The summed E-state index contributed by atoms with van der Waals surface area (Å²) in [5.74, 6) is -1.34. The van der Waals surface area contributed by atoms with Crippen LogP contribution in [0.3, 0.4) is 0 Å². The standard InChI is InChI=1S/C22H20N4O7S3/c1-3-32-18-13-14(10-11-17(18)33-36(30,31)15-8-6-5-7-9-15)12-16-19(23)26-21(24-20(16)27)34-25-22(26)35(28,29)4-2/h5-13,23H,3-4H2,1-2H3/b16-12-,23-19?. The average Bonchev–Trinajstić information content (AvgIpc) is 3.29. The quantitative estimate of drug-likeness (QED) is 0.312. The van der Waals surface area contributed by atoms with Gasteiger partial charge < -0.3 is 8.92 Å². The fourth-order valence-corrected chi connectivity index (χ4v) is 6.12. The molecular formula is C22H20N4O7S3. The summed E-state index contributed by atoms with van der Waals surface area (Å²) in [6, 6.07) is 11.9. The lowest BCUT2D eigenvalue weighted by molar-refractivity contribution is -0.114. The molecule has 0 saturated heterocycles. The molecule has 0 unspecified atom stereocenters. The van der Waals surface area contributed by atoms with Crippen LogP contribution < -0.4 is 8.92 Å². The smallest absolute Gasteiger partial charge is 0.339 e. The molecule has 2 aromatic rings. The number of hydrogen-bond acceptors (Lipinski definition) is 10. The molecule has 0 atom stereocenters. The van der Waals surface area contributed by atoms with E-state index in [4.69, 9.17) is 14.3 Å². The Labute approximate surface area is 212 Å². The second-order valence-corrected chi connectivity index (χ2v) is 11.7. The summed E-state index contributed by atoms with van der Waals surface area (Å²) < 4.78 is 64.8. The lowest BCUT2D eigenvalue weighted by Crippen LogP contribution is -2.45. The molecule has 188 valence electrons. The topological polar surface area (TPSA) is 156 Å². The van der Waals surface area contributed by atoms with E-state index in [2.05, 4.69) is 9.39 Å². The maximum absolute atomic E-state index is 12.6. The first-order valence-corrected chi connectivity index (χ1v) is 14.4. The number of benzene rings is 2. The Bertz CT molecular complexity index is 1550. The van der Waals surface area contributed by atoms with Gasteiger partial charge in [0.2, 0.25) is 20.2 Å². The predicted molar refractivity (Wildman–Crippen MR) is 136 cm³/mol. The number of sulfone groups is 1. The van der Waals surface area contributed by atoms with E-state index < -0.39 is 31.7 Å². The zero-order valence-corrected chi connectivity index (χ0v) is 21.5. The first-order chi connectivity index (χ1) is 17.1. The van der Waals surface area contributed by atoms with Gasteiger partial charge in [-0.2, -0.15) is 17.8 Å². The van der Waals surface area contributed by atoms with Crippen LogP contribution in [0.2, 0.25) is 0 Å². The first kappa shape index (κ1) is 25.6. The molecule has 0 aromatic heterocycles. The predicted octanol–water partition coefficient (Wildman–Crippen LogP) is 2.86. The highest BCUT2D eigenvalue weighted by Crippen LogP contribution is 2.34. The van der Waals surface area contributed by atoms with Crippen LogP contribution in [0.15, 0.2) is 68.4 Å². The van der Waals surface area contributed by atoms with Crippen LogP contribution in [-0.4, -0.2) is 56.2 Å². The van der Waals surface area contributed by atoms with Crippen LogP contribution in [0.5, 0.6) is 11.5 Å². The first-order valence-electron chi connectivity index (χ1n) is 10.5. The molecule has 0 radical (unpaired) electrons. The van der Waals surface area contributed by atoms with E-state index in [1.54, 1.807) is 25.1 Å². The molecule has 0 bridgehead atoms. The van der Waals surface area contributed by atoms with Crippen LogP contribution >= 0.6 is 11.9 Å². The Hall–Kier alpha value is -3.49. The van der Waals surface area contributed by atoms with Crippen LogP contribution in [-0.2, 0) is 24.7 Å². The van der Waals surface area contributed by atoms with E-state index in [0.717, 1.165) is 4.90 Å². The molecule has 1 N–H and O–H groups in total. The summed E-state index contributed by atoms with van der Waals surface area (Å²) in [5.41, 5.74) is 0.201. The number of rotatable bonds is 7. The van der Waals surface area contributed by atoms with Crippen molar-refractivity contribution >= 4 is 60.1 Å². The zero-order chi connectivity index (χ0) is 26.1. The third-order valence-corrected chi connectivity index (χ3v) is 8.62. The summed E-state index contributed by atoms with van der Waals surface area (Å²) in [7, 11) is -7.90. The second-order valence-electron chi connectivity index (χ2n) is 7.30. The SMILES string of the molecule is CCOc1cc(/C=C2/C(=N)N3C(=NC2=O)SN=C3S(=O)(=O)CC)ccc1OS(=O)(=O)c1ccccc1. The van der Waals surface area contributed by atoms with Gasteiger partial charge >= 0.3 is 10.1 Å². The number of fused-ring (bicyclic) bond motifs is 1. The largest absolute Gasteiger partial charge is 0.490 e. The van der Waals surface area contributed by atoms with Crippen LogP contribution in [0.4, 0.5) is 0 Å². The summed E-state index contributed by atoms with van der Waals surface area (Å²) >= 11 is 0.709. The Morgan fingerprint density at radius 2 is 1.78 bits per heavy atom. The monoisotopic (exact) mass is 548 g/mol. The Kier molecular flexibility index (Phi) is 7.02. The van der Waals surface area contributed by atoms with Crippen molar-refractivity contribution in [2.24, 2.45) is 9.39 Å². The van der Waals surface area contributed by atoms with E-state index in [-0.39, 0.29) is 44.7 Å².